The van der Waals surface area contributed by atoms with Crippen LogP contribution in [0.15, 0.2) is 47.5 Å². The van der Waals surface area contributed by atoms with Gasteiger partial charge in [-0.15, -0.1) is 0 Å². The van der Waals surface area contributed by atoms with Crippen LogP contribution in [-0.4, -0.2) is 47.7 Å². The van der Waals surface area contributed by atoms with Gasteiger partial charge in [0.1, 0.15) is 5.75 Å². The molecular weight excluding hydrogens is 364 g/mol. The molecule has 0 bridgehead atoms. The molecule has 1 aliphatic heterocycles. The van der Waals surface area contributed by atoms with Gasteiger partial charge >= 0.3 is 0 Å². The molecule has 0 aliphatic carbocycles. The lowest BCUT2D eigenvalue weighted by Crippen LogP contribution is -2.38. The summed E-state index contributed by atoms with van der Waals surface area (Å²) in [5.74, 6) is 0.878. The van der Waals surface area contributed by atoms with Crippen molar-refractivity contribution in [3.63, 3.8) is 0 Å². The van der Waals surface area contributed by atoms with Gasteiger partial charge in [0, 0.05) is 37.6 Å². The van der Waals surface area contributed by atoms with Gasteiger partial charge in [-0.1, -0.05) is 0 Å². The van der Waals surface area contributed by atoms with Crippen molar-refractivity contribution in [1.29, 1.82) is 0 Å². The average Bonchev–Trinajstić information content (AvgIpc) is 3.05. The molecule has 0 spiro atoms. The fourth-order valence-electron chi connectivity index (χ4n) is 3.69. The van der Waals surface area contributed by atoms with Crippen LogP contribution in [-0.2, 0) is 17.1 Å². The quantitative estimate of drug-likeness (QED) is 0.689. The van der Waals surface area contributed by atoms with Crippen molar-refractivity contribution in [2.24, 2.45) is 7.05 Å². The Hall–Kier alpha value is -2.45. The summed E-state index contributed by atoms with van der Waals surface area (Å²) in [6, 6.07) is 10.5. The number of benzene rings is 1. The number of aryl methyl sites for hydroxylation is 1. The smallest absolute Gasteiger partial charge is 0.243 e. The minimum absolute atomic E-state index is 0.236. The summed E-state index contributed by atoms with van der Waals surface area (Å²) < 4.78 is 34.3. The van der Waals surface area contributed by atoms with Crippen molar-refractivity contribution in [2.75, 3.05) is 20.2 Å². The molecule has 0 saturated carbocycles. The number of piperidine rings is 1. The minimum atomic E-state index is -3.49. The fourth-order valence-corrected chi connectivity index (χ4v) is 5.16. The van der Waals surface area contributed by atoms with Crippen molar-refractivity contribution in [2.45, 2.75) is 23.7 Å². The summed E-state index contributed by atoms with van der Waals surface area (Å²) in [7, 11) is -0.0385. The number of methoxy groups -OCH3 is 1. The number of hydrogen-bond donors (Lipinski definition) is 0. The third kappa shape index (κ3) is 3.19. The monoisotopic (exact) mass is 386 g/mol. The first-order valence-corrected chi connectivity index (χ1v) is 10.4. The van der Waals surface area contributed by atoms with E-state index in [2.05, 4.69) is 10.1 Å². The third-order valence-corrected chi connectivity index (χ3v) is 7.08. The molecule has 0 radical (unpaired) electrons. The van der Waals surface area contributed by atoms with Gasteiger partial charge in [-0.2, -0.15) is 9.40 Å². The number of hydrogen-bond acceptors (Lipinski definition) is 5. The van der Waals surface area contributed by atoms with Gasteiger partial charge in [-0.3, -0.25) is 4.68 Å². The van der Waals surface area contributed by atoms with Crippen molar-refractivity contribution < 1.29 is 13.2 Å². The number of sulfonamides is 1. The van der Waals surface area contributed by atoms with Crippen LogP contribution >= 0.6 is 0 Å². The van der Waals surface area contributed by atoms with Crippen molar-refractivity contribution in [3.05, 3.63) is 48.3 Å². The summed E-state index contributed by atoms with van der Waals surface area (Å²) >= 11 is 0. The normalized spacial score (nSPS) is 16.7. The summed E-state index contributed by atoms with van der Waals surface area (Å²) in [5, 5.41) is 5.70. The zero-order valence-electron chi connectivity index (χ0n) is 15.4. The van der Waals surface area contributed by atoms with Crippen LogP contribution < -0.4 is 4.74 Å². The predicted octanol–water partition coefficient (Wildman–Crippen LogP) is 2.55. The van der Waals surface area contributed by atoms with Gasteiger partial charge in [-0.05, 0) is 49.2 Å². The lowest BCUT2D eigenvalue weighted by Gasteiger charge is -2.30. The topological polar surface area (TPSA) is 77.3 Å². The van der Waals surface area contributed by atoms with E-state index in [1.54, 1.807) is 46.6 Å². The van der Waals surface area contributed by atoms with Crippen molar-refractivity contribution >= 4 is 21.1 Å². The first-order chi connectivity index (χ1) is 13.0. The Morgan fingerprint density at radius 2 is 1.81 bits per heavy atom. The second-order valence-electron chi connectivity index (χ2n) is 6.74. The number of fused-ring (bicyclic) bond motifs is 1. The summed E-state index contributed by atoms with van der Waals surface area (Å²) in [6.45, 7) is 0.967. The molecule has 1 aromatic carbocycles. The first-order valence-electron chi connectivity index (χ1n) is 8.92. The zero-order valence-corrected chi connectivity index (χ0v) is 16.2. The summed E-state index contributed by atoms with van der Waals surface area (Å²) in [5.41, 5.74) is 1.88. The maximum Gasteiger partial charge on any atom is 0.243 e. The second kappa shape index (κ2) is 6.94. The lowest BCUT2D eigenvalue weighted by atomic mass is 9.93. The van der Waals surface area contributed by atoms with Crippen LogP contribution in [0.5, 0.6) is 5.75 Å². The molecule has 0 N–H and O–H groups in total. The standard InChI is InChI=1S/C19H22N4O3S/c1-22-19-17(4-3-11-20-19)18(21-22)14-9-12-23(13-10-14)27(24,25)16-7-5-15(26-2)6-8-16/h3-8,11,14H,9-10,12-13H2,1-2H3. The van der Waals surface area contributed by atoms with Gasteiger partial charge in [0.2, 0.25) is 10.0 Å². The molecule has 2 aromatic heterocycles. The molecule has 27 heavy (non-hydrogen) atoms. The van der Waals surface area contributed by atoms with Gasteiger partial charge in [0.25, 0.3) is 0 Å². The van der Waals surface area contributed by atoms with Crippen LogP contribution in [0, 0.1) is 0 Å². The van der Waals surface area contributed by atoms with Gasteiger partial charge in [-0.25, -0.2) is 13.4 Å². The SMILES string of the molecule is COc1ccc(S(=O)(=O)N2CCC(c3nn(C)c4ncccc34)CC2)cc1. The number of nitrogens with zero attached hydrogens (tertiary/aromatic N) is 4. The molecule has 4 rings (SSSR count). The first kappa shape index (κ1) is 17.9. The molecule has 7 nitrogen and oxygen atoms in total. The summed E-state index contributed by atoms with van der Waals surface area (Å²) in [4.78, 5) is 4.69. The highest BCUT2D eigenvalue weighted by atomic mass is 32.2. The van der Waals surface area contributed by atoms with E-state index < -0.39 is 10.0 Å². The van der Waals surface area contributed by atoms with E-state index in [4.69, 9.17) is 4.74 Å². The van der Waals surface area contributed by atoms with E-state index >= 15 is 0 Å². The average molecular weight is 386 g/mol. The van der Waals surface area contributed by atoms with Crippen molar-refractivity contribution in [1.82, 2.24) is 19.1 Å². The molecule has 8 heteroatoms. The highest BCUT2D eigenvalue weighted by molar-refractivity contribution is 7.89. The van der Waals surface area contributed by atoms with E-state index in [0.29, 0.717) is 23.7 Å². The molecular formula is C19H22N4O3S. The molecule has 1 aliphatic rings. The maximum atomic E-state index is 12.9. The maximum absolute atomic E-state index is 12.9. The Morgan fingerprint density at radius 1 is 1.11 bits per heavy atom. The molecule has 0 atom stereocenters. The number of rotatable bonds is 4. The minimum Gasteiger partial charge on any atom is -0.497 e. The highest BCUT2D eigenvalue weighted by Gasteiger charge is 2.31. The Labute approximate surface area is 158 Å². The Kier molecular flexibility index (Phi) is 4.61. The third-order valence-electron chi connectivity index (χ3n) is 5.16. The number of pyridine rings is 1. The molecule has 3 heterocycles. The summed E-state index contributed by atoms with van der Waals surface area (Å²) in [6.07, 6.45) is 3.25. The number of aromatic nitrogens is 3. The Morgan fingerprint density at radius 3 is 2.48 bits per heavy atom. The van der Waals surface area contributed by atoms with E-state index in [9.17, 15) is 8.42 Å². The van der Waals surface area contributed by atoms with Crippen molar-refractivity contribution in [3.8, 4) is 5.75 Å². The van der Waals surface area contributed by atoms with Crippen LogP contribution in [0.4, 0.5) is 0 Å². The predicted molar refractivity (Wildman–Crippen MR) is 102 cm³/mol. The molecule has 3 aromatic rings. The Bertz CT molecular complexity index is 1050. The zero-order chi connectivity index (χ0) is 19.0. The number of ether oxygens (including phenoxy) is 1. The van der Waals surface area contributed by atoms with E-state index in [0.717, 1.165) is 29.6 Å². The fraction of sp³-hybridized carbons (Fsp3) is 0.368. The molecule has 1 saturated heterocycles. The van der Waals surface area contributed by atoms with E-state index in [-0.39, 0.29) is 5.92 Å². The van der Waals surface area contributed by atoms with E-state index in [1.807, 2.05) is 19.2 Å². The molecule has 0 amide bonds. The highest BCUT2D eigenvalue weighted by Crippen LogP contribution is 2.33. The van der Waals surface area contributed by atoms with Crippen LogP contribution in [0.1, 0.15) is 24.5 Å². The van der Waals surface area contributed by atoms with Gasteiger partial charge in [0.05, 0.1) is 17.7 Å². The second-order valence-corrected chi connectivity index (χ2v) is 8.68. The van der Waals surface area contributed by atoms with Crippen LogP contribution in [0.3, 0.4) is 0 Å². The molecule has 1 fully saturated rings. The lowest BCUT2D eigenvalue weighted by molar-refractivity contribution is 0.316. The van der Waals surface area contributed by atoms with Gasteiger partial charge in [0.15, 0.2) is 5.65 Å². The van der Waals surface area contributed by atoms with Crippen LogP contribution in [0.25, 0.3) is 11.0 Å². The molecule has 0 unspecified atom stereocenters. The largest absolute Gasteiger partial charge is 0.497 e. The Balaban J connectivity index is 1.52. The van der Waals surface area contributed by atoms with Crippen LogP contribution in [0.2, 0.25) is 0 Å². The van der Waals surface area contributed by atoms with Gasteiger partial charge < -0.3 is 4.74 Å². The van der Waals surface area contributed by atoms with E-state index in [1.165, 1.54) is 0 Å². The molecule has 142 valence electrons.